The second-order valence-corrected chi connectivity index (χ2v) is 5.95. The Balaban J connectivity index is 2.02. The molecule has 0 aromatic heterocycles. The van der Waals surface area contributed by atoms with E-state index in [1.807, 2.05) is 38.1 Å². The van der Waals surface area contributed by atoms with E-state index in [0.29, 0.717) is 5.56 Å². The van der Waals surface area contributed by atoms with Crippen LogP contribution in [0, 0.1) is 0 Å². The number of rotatable bonds is 6. The lowest BCUT2D eigenvalue weighted by atomic mass is 10.0. The van der Waals surface area contributed by atoms with Crippen molar-refractivity contribution in [3.63, 3.8) is 0 Å². The Kier molecular flexibility index (Phi) is 6.07. The first-order chi connectivity index (χ1) is 11.8. The van der Waals surface area contributed by atoms with Crippen molar-refractivity contribution in [2.24, 2.45) is 0 Å². The number of ether oxygens (including phenoxy) is 1. The number of anilines is 1. The molecule has 1 amide bonds. The highest BCUT2D eigenvalue weighted by Gasteiger charge is 2.31. The van der Waals surface area contributed by atoms with Crippen LogP contribution in [0.2, 0.25) is 0 Å². The van der Waals surface area contributed by atoms with Crippen LogP contribution in [0.25, 0.3) is 0 Å². The molecule has 134 valence electrons. The zero-order valence-corrected chi connectivity index (χ0v) is 14.1. The average molecular weight is 351 g/mol. The summed E-state index contributed by atoms with van der Waals surface area (Å²) in [5.41, 5.74) is 2.08. The first kappa shape index (κ1) is 18.8. The molecule has 2 rings (SSSR count). The molecular weight excluding hydrogens is 331 g/mol. The van der Waals surface area contributed by atoms with Crippen molar-refractivity contribution in [1.29, 1.82) is 0 Å². The van der Waals surface area contributed by atoms with Crippen molar-refractivity contribution in [1.82, 2.24) is 0 Å². The van der Waals surface area contributed by atoms with Crippen LogP contribution < -0.4 is 10.1 Å². The van der Waals surface area contributed by atoms with Crippen LogP contribution in [0.5, 0.6) is 5.75 Å². The summed E-state index contributed by atoms with van der Waals surface area (Å²) in [6, 6.07) is 13.3. The maximum atomic E-state index is 12.4. The summed E-state index contributed by atoms with van der Waals surface area (Å²) in [5, 5.41) is 2.83. The van der Waals surface area contributed by atoms with Gasteiger partial charge in [-0.3, -0.25) is 4.79 Å². The number of hydrogen-bond acceptors (Lipinski definition) is 2. The molecule has 0 atom stereocenters. The molecule has 3 nitrogen and oxygen atoms in total. The predicted molar refractivity (Wildman–Crippen MR) is 90.6 cm³/mol. The zero-order chi connectivity index (χ0) is 18.4. The van der Waals surface area contributed by atoms with Crippen LogP contribution in [0.1, 0.15) is 37.3 Å². The number of alkyl halides is 3. The van der Waals surface area contributed by atoms with E-state index in [1.54, 1.807) is 6.07 Å². The third kappa shape index (κ3) is 5.81. The van der Waals surface area contributed by atoms with Crippen molar-refractivity contribution in [2.75, 3.05) is 5.32 Å². The van der Waals surface area contributed by atoms with Gasteiger partial charge in [0.15, 0.2) is 0 Å². The average Bonchev–Trinajstić information content (AvgIpc) is 2.53. The molecule has 0 aliphatic carbocycles. The lowest BCUT2D eigenvalue weighted by Crippen LogP contribution is -2.19. The predicted octanol–water partition coefficient (Wildman–Crippen LogP) is 5.28. The van der Waals surface area contributed by atoms with Crippen LogP contribution in [0.15, 0.2) is 48.5 Å². The molecular formula is C19H20F3NO2. The quantitative estimate of drug-likeness (QED) is 0.769. The fourth-order valence-corrected chi connectivity index (χ4v) is 2.51. The highest BCUT2D eigenvalue weighted by molar-refractivity contribution is 5.91. The topological polar surface area (TPSA) is 38.3 Å². The van der Waals surface area contributed by atoms with Gasteiger partial charge in [0.2, 0.25) is 5.91 Å². The van der Waals surface area contributed by atoms with Gasteiger partial charge >= 0.3 is 6.36 Å². The number of carbonyl (C=O) groups excluding carboxylic acids is 1. The van der Waals surface area contributed by atoms with Gasteiger partial charge in [0, 0.05) is 12.1 Å². The number of benzene rings is 2. The maximum Gasteiger partial charge on any atom is 0.573 e. The minimum Gasteiger partial charge on any atom is -0.406 e. The number of nitrogens with one attached hydrogen (secondary N) is 1. The van der Waals surface area contributed by atoms with E-state index in [-0.39, 0.29) is 30.4 Å². The molecule has 0 bridgehead atoms. The van der Waals surface area contributed by atoms with E-state index in [9.17, 15) is 18.0 Å². The summed E-state index contributed by atoms with van der Waals surface area (Å²) in [5.74, 6) is -0.280. The molecule has 0 unspecified atom stereocenters. The Bertz CT molecular complexity index is 727. The zero-order valence-electron chi connectivity index (χ0n) is 14.1. The molecule has 25 heavy (non-hydrogen) atoms. The Morgan fingerprint density at radius 1 is 1.08 bits per heavy atom. The van der Waals surface area contributed by atoms with Gasteiger partial charge in [0.25, 0.3) is 0 Å². The molecule has 1 N–H and O–H groups in total. The largest absolute Gasteiger partial charge is 0.573 e. The van der Waals surface area contributed by atoms with Gasteiger partial charge in [-0.2, -0.15) is 0 Å². The summed E-state index contributed by atoms with van der Waals surface area (Å²) in [6.45, 7) is 4.05. The molecule has 0 spiro atoms. The van der Waals surface area contributed by atoms with Crippen LogP contribution >= 0.6 is 0 Å². The van der Waals surface area contributed by atoms with E-state index in [2.05, 4.69) is 10.1 Å². The number of aryl methyl sites for hydroxylation is 1. The van der Waals surface area contributed by atoms with E-state index < -0.39 is 6.36 Å². The highest BCUT2D eigenvalue weighted by Crippen LogP contribution is 2.27. The van der Waals surface area contributed by atoms with Gasteiger partial charge in [-0.25, -0.2) is 0 Å². The number of carbonyl (C=O) groups is 1. The molecule has 2 aromatic carbocycles. The molecule has 0 aliphatic heterocycles. The van der Waals surface area contributed by atoms with Crippen LogP contribution in [0.3, 0.4) is 0 Å². The van der Waals surface area contributed by atoms with E-state index in [1.165, 1.54) is 18.2 Å². The number of hydrogen-bond donors (Lipinski definition) is 1. The van der Waals surface area contributed by atoms with Crippen molar-refractivity contribution < 1.29 is 22.7 Å². The van der Waals surface area contributed by atoms with E-state index >= 15 is 0 Å². The normalized spacial score (nSPS) is 11.4. The SMILES string of the molecule is CC(C)c1ccccc1NC(=O)CCc1ccccc1OC(F)(F)F. The third-order valence-electron chi connectivity index (χ3n) is 3.68. The summed E-state index contributed by atoms with van der Waals surface area (Å²) in [4.78, 5) is 12.2. The van der Waals surface area contributed by atoms with Crippen LogP contribution in [0.4, 0.5) is 18.9 Å². The minimum atomic E-state index is -4.76. The van der Waals surface area contributed by atoms with Gasteiger partial charge in [-0.1, -0.05) is 50.2 Å². The standard InChI is InChI=1S/C19H20F3NO2/c1-13(2)15-8-4-5-9-16(15)23-18(24)12-11-14-7-3-6-10-17(14)25-19(20,21)22/h3-10,13H,11-12H2,1-2H3,(H,23,24). The molecule has 0 aliphatic rings. The monoisotopic (exact) mass is 351 g/mol. The van der Waals surface area contributed by atoms with Gasteiger partial charge in [0.1, 0.15) is 5.75 Å². The minimum absolute atomic E-state index is 0.0602. The maximum absolute atomic E-state index is 12.4. The summed E-state index contributed by atoms with van der Waals surface area (Å²) < 4.78 is 41.3. The van der Waals surface area contributed by atoms with Gasteiger partial charge in [-0.15, -0.1) is 13.2 Å². The lowest BCUT2D eigenvalue weighted by Gasteiger charge is -2.15. The van der Waals surface area contributed by atoms with E-state index in [4.69, 9.17) is 0 Å². The van der Waals surface area contributed by atoms with Crippen molar-refractivity contribution in [3.8, 4) is 5.75 Å². The second-order valence-electron chi connectivity index (χ2n) is 5.95. The fraction of sp³-hybridized carbons (Fsp3) is 0.316. The first-order valence-electron chi connectivity index (χ1n) is 7.98. The Morgan fingerprint density at radius 3 is 2.40 bits per heavy atom. The van der Waals surface area contributed by atoms with Gasteiger partial charge < -0.3 is 10.1 Å². The molecule has 6 heteroatoms. The molecule has 0 saturated heterocycles. The smallest absolute Gasteiger partial charge is 0.406 e. The van der Waals surface area contributed by atoms with Crippen LogP contribution in [-0.4, -0.2) is 12.3 Å². The first-order valence-corrected chi connectivity index (χ1v) is 7.98. The van der Waals surface area contributed by atoms with Gasteiger partial charge in [-0.05, 0) is 35.6 Å². The molecule has 0 radical (unpaired) electrons. The highest BCUT2D eigenvalue weighted by atomic mass is 19.4. The number of amides is 1. The summed E-state index contributed by atoms with van der Waals surface area (Å²) in [6.07, 6.45) is -4.54. The summed E-state index contributed by atoms with van der Waals surface area (Å²) >= 11 is 0. The van der Waals surface area contributed by atoms with Gasteiger partial charge in [0.05, 0.1) is 0 Å². The summed E-state index contributed by atoms with van der Waals surface area (Å²) in [7, 11) is 0. The Morgan fingerprint density at radius 2 is 1.72 bits per heavy atom. The lowest BCUT2D eigenvalue weighted by molar-refractivity contribution is -0.274. The molecule has 0 saturated carbocycles. The third-order valence-corrected chi connectivity index (χ3v) is 3.68. The second kappa shape index (κ2) is 8.05. The van der Waals surface area contributed by atoms with Crippen molar-refractivity contribution in [3.05, 3.63) is 59.7 Å². The van der Waals surface area contributed by atoms with Crippen molar-refractivity contribution in [2.45, 2.75) is 39.0 Å². The molecule has 2 aromatic rings. The number of halogens is 3. The Hall–Kier alpha value is -2.50. The van der Waals surface area contributed by atoms with Crippen molar-refractivity contribution >= 4 is 11.6 Å². The molecule has 0 heterocycles. The van der Waals surface area contributed by atoms with Crippen LogP contribution in [-0.2, 0) is 11.2 Å². The molecule has 0 fully saturated rings. The number of para-hydroxylation sites is 2. The van der Waals surface area contributed by atoms with E-state index in [0.717, 1.165) is 11.3 Å². The Labute approximate surface area is 144 Å². The fourth-order valence-electron chi connectivity index (χ4n) is 2.51.